The highest BCUT2D eigenvalue weighted by Gasteiger charge is 2.30. The number of nitrogens with zero attached hydrogens (tertiary/aromatic N) is 4. The zero-order valence-corrected chi connectivity index (χ0v) is 20.6. The monoisotopic (exact) mass is 504 g/mol. The topological polar surface area (TPSA) is 170 Å². The van der Waals surface area contributed by atoms with Crippen molar-refractivity contribution in [2.24, 2.45) is 16.5 Å². The molecule has 12 nitrogen and oxygen atoms in total. The molecule has 12 heteroatoms. The Kier molecular flexibility index (Phi) is 7.60. The molecule has 2 aromatic carbocycles. The van der Waals surface area contributed by atoms with Crippen LogP contribution in [0, 0.1) is 0 Å². The number of amides is 1. The number of nitrogens with two attached hydrogens (primary N) is 2. The maximum atomic E-state index is 12.6. The molecule has 1 amide bonds. The highest BCUT2D eigenvalue weighted by molar-refractivity contribution is 6.04. The second-order valence-electron chi connectivity index (χ2n) is 8.18. The molecule has 0 radical (unpaired) electrons. The molecular formula is C25H28N8O4. The Morgan fingerprint density at radius 2 is 1.78 bits per heavy atom. The standard InChI is InChI=1S/C25H28N8O4/c1-14(34)18-11-16(12-19(36-2)22(18)37-3)21(31-17-7-5-15(6-8-17)23(26)27)24-30-13-20(35)33(32-24)25-28-9-4-10-29-25/h4-12,21,23,31H,13,26-27H2,1-3H3,(H,30,32). The molecule has 2 heterocycles. The molecule has 192 valence electrons. The van der Waals surface area contributed by atoms with Crippen LogP contribution >= 0.6 is 0 Å². The second kappa shape index (κ2) is 11.0. The van der Waals surface area contributed by atoms with E-state index in [4.69, 9.17) is 20.9 Å². The third kappa shape index (κ3) is 5.50. The van der Waals surface area contributed by atoms with Gasteiger partial charge >= 0.3 is 0 Å². The smallest absolute Gasteiger partial charge is 0.270 e. The molecule has 1 atom stereocenters. The summed E-state index contributed by atoms with van der Waals surface area (Å²) in [5.74, 6) is 0.742. The van der Waals surface area contributed by atoms with Crippen molar-refractivity contribution < 1.29 is 19.1 Å². The summed E-state index contributed by atoms with van der Waals surface area (Å²) in [7, 11) is 2.96. The van der Waals surface area contributed by atoms with Gasteiger partial charge in [0.25, 0.3) is 11.9 Å². The van der Waals surface area contributed by atoms with Gasteiger partial charge < -0.3 is 26.3 Å². The van der Waals surface area contributed by atoms with E-state index in [9.17, 15) is 9.59 Å². The number of benzene rings is 2. The van der Waals surface area contributed by atoms with E-state index in [0.29, 0.717) is 28.5 Å². The van der Waals surface area contributed by atoms with Gasteiger partial charge in [0, 0.05) is 18.1 Å². The van der Waals surface area contributed by atoms with E-state index in [0.717, 1.165) is 11.3 Å². The SMILES string of the molecule is COc1cc(C(Nc2ccc(C(N)N)cc2)C2=NCC(=O)N(c3ncccn3)N2)cc(C(C)=O)c1OC. The number of hydrazine groups is 1. The molecule has 0 saturated carbocycles. The summed E-state index contributed by atoms with van der Waals surface area (Å²) < 4.78 is 11.0. The number of carbonyl (C=O) groups is 2. The van der Waals surface area contributed by atoms with Gasteiger partial charge in [-0.15, -0.1) is 0 Å². The van der Waals surface area contributed by atoms with Crippen molar-refractivity contribution in [3.8, 4) is 11.5 Å². The number of methoxy groups -OCH3 is 2. The number of hydrogen-bond acceptors (Lipinski definition) is 11. The Hall–Kier alpha value is -4.55. The number of Topliss-reactive ketones (excluding diaryl/α,β-unsaturated/α-hetero) is 1. The molecule has 1 aliphatic rings. The zero-order chi connectivity index (χ0) is 26.5. The number of rotatable bonds is 9. The van der Waals surface area contributed by atoms with Crippen molar-refractivity contribution in [3.63, 3.8) is 0 Å². The number of ether oxygens (including phenoxy) is 2. The van der Waals surface area contributed by atoms with E-state index in [1.807, 2.05) is 24.3 Å². The Balaban J connectivity index is 1.79. The van der Waals surface area contributed by atoms with E-state index < -0.39 is 12.2 Å². The minimum absolute atomic E-state index is 0.132. The van der Waals surface area contributed by atoms with Crippen LogP contribution in [0.1, 0.15) is 40.6 Å². The van der Waals surface area contributed by atoms with Gasteiger partial charge in [0.05, 0.1) is 25.9 Å². The fraction of sp³-hybridized carbons (Fsp3) is 0.240. The molecule has 6 N–H and O–H groups in total. The predicted octanol–water partition coefficient (Wildman–Crippen LogP) is 1.72. The van der Waals surface area contributed by atoms with Gasteiger partial charge in [-0.1, -0.05) is 12.1 Å². The third-order valence-corrected chi connectivity index (χ3v) is 5.71. The molecule has 0 fully saturated rings. The molecular weight excluding hydrogens is 476 g/mol. The lowest BCUT2D eigenvalue weighted by molar-refractivity contribution is -0.118. The number of aliphatic imine (C=N–C) groups is 1. The third-order valence-electron chi connectivity index (χ3n) is 5.71. The molecule has 0 spiro atoms. The van der Waals surface area contributed by atoms with Crippen molar-refractivity contribution in [2.75, 3.05) is 31.1 Å². The zero-order valence-electron chi connectivity index (χ0n) is 20.6. The fourth-order valence-corrected chi connectivity index (χ4v) is 3.85. The Bertz CT molecular complexity index is 1310. The van der Waals surface area contributed by atoms with Crippen LogP contribution in [0.3, 0.4) is 0 Å². The molecule has 1 unspecified atom stereocenters. The lowest BCUT2D eigenvalue weighted by atomic mass is 9.98. The number of hydrogen-bond donors (Lipinski definition) is 4. The van der Waals surface area contributed by atoms with Crippen LogP contribution in [0.5, 0.6) is 11.5 Å². The van der Waals surface area contributed by atoms with Crippen LogP contribution < -0.4 is 36.7 Å². The first kappa shape index (κ1) is 25.5. The van der Waals surface area contributed by atoms with Crippen LogP contribution in [0.15, 0.2) is 59.9 Å². The van der Waals surface area contributed by atoms with E-state index in [1.54, 1.807) is 18.2 Å². The van der Waals surface area contributed by atoms with Crippen molar-refractivity contribution in [3.05, 3.63) is 71.5 Å². The highest BCUT2D eigenvalue weighted by Crippen LogP contribution is 2.36. The maximum Gasteiger partial charge on any atom is 0.270 e. The summed E-state index contributed by atoms with van der Waals surface area (Å²) in [6.07, 6.45) is 2.47. The van der Waals surface area contributed by atoms with E-state index in [-0.39, 0.29) is 24.2 Å². The number of amidine groups is 1. The lowest BCUT2D eigenvalue weighted by Gasteiger charge is -2.31. The first-order chi connectivity index (χ1) is 17.8. The normalized spacial score (nSPS) is 14.1. The van der Waals surface area contributed by atoms with Crippen molar-refractivity contribution in [1.29, 1.82) is 0 Å². The molecule has 0 bridgehead atoms. The first-order valence-electron chi connectivity index (χ1n) is 11.4. The Morgan fingerprint density at radius 1 is 1.08 bits per heavy atom. The molecule has 0 aliphatic carbocycles. The summed E-state index contributed by atoms with van der Waals surface area (Å²) in [5.41, 5.74) is 17.1. The van der Waals surface area contributed by atoms with Gasteiger partial charge in [0.15, 0.2) is 17.3 Å². The second-order valence-corrected chi connectivity index (χ2v) is 8.18. The van der Waals surface area contributed by atoms with Crippen LogP contribution in [0.2, 0.25) is 0 Å². The summed E-state index contributed by atoms with van der Waals surface area (Å²) in [6, 6.07) is 11.7. The van der Waals surface area contributed by atoms with Gasteiger partial charge in [-0.25, -0.2) is 9.97 Å². The Labute approximate surface area is 213 Å². The summed E-state index contributed by atoms with van der Waals surface area (Å²) in [4.78, 5) is 37.9. The van der Waals surface area contributed by atoms with E-state index in [2.05, 4.69) is 25.7 Å². The molecule has 0 saturated heterocycles. The van der Waals surface area contributed by atoms with Crippen molar-refractivity contribution in [1.82, 2.24) is 15.4 Å². The number of ketones is 1. The average Bonchev–Trinajstić information content (AvgIpc) is 2.92. The molecule has 1 aliphatic heterocycles. The van der Waals surface area contributed by atoms with Gasteiger partial charge in [-0.05, 0) is 48.4 Å². The summed E-state index contributed by atoms with van der Waals surface area (Å²) in [5, 5.41) is 4.65. The minimum Gasteiger partial charge on any atom is -0.493 e. The number of aromatic nitrogens is 2. The Morgan fingerprint density at radius 3 is 2.38 bits per heavy atom. The minimum atomic E-state index is -0.644. The van der Waals surface area contributed by atoms with Crippen molar-refractivity contribution >= 4 is 29.2 Å². The molecule has 37 heavy (non-hydrogen) atoms. The molecule has 4 rings (SSSR count). The highest BCUT2D eigenvalue weighted by atomic mass is 16.5. The maximum absolute atomic E-state index is 12.6. The number of carbonyl (C=O) groups excluding carboxylic acids is 2. The van der Waals surface area contributed by atoms with Gasteiger partial charge in [-0.3, -0.25) is 20.0 Å². The largest absolute Gasteiger partial charge is 0.493 e. The summed E-state index contributed by atoms with van der Waals surface area (Å²) >= 11 is 0. The summed E-state index contributed by atoms with van der Waals surface area (Å²) in [6.45, 7) is 1.31. The van der Waals surface area contributed by atoms with Gasteiger partial charge in [0.1, 0.15) is 18.4 Å². The quantitative estimate of drug-likeness (QED) is 0.248. The van der Waals surface area contributed by atoms with E-state index >= 15 is 0 Å². The number of nitrogens with one attached hydrogen (secondary N) is 2. The fourth-order valence-electron chi connectivity index (χ4n) is 3.85. The average molecular weight is 505 g/mol. The van der Waals surface area contributed by atoms with Crippen LogP contribution in [0.4, 0.5) is 11.6 Å². The predicted molar refractivity (Wildman–Crippen MR) is 138 cm³/mol. The van der Waals surface area contributed by atoms with Gasteiger partial charge in [-0.2, -0.15) is 5.01 Å². The van der Waals surface area contributed by atoms with Crippen LogP contribution in [-0.2, 0) is 4.79 Å². The van der Waals surface area contributed by atoms with Gasteiger partial charge in [0.2, 0.25) is 0 Å². The van der Waals surface area contributed by atoms with Crippen LogP contribution in [-0.4, -0.2) is 48.3 Å². The van der Waals surface area contributed by atoms with Crippen LogP contribution in [0.25, 0.3) is 0 Å². The first-order valence-corrected chi connectivity index (χ1v) is 11.4. The molecule has 3 aromatic rings. The van der Waals surface area contributed by atoms with E-state index in [1.165, 1.54) is 38.5 Å². The molecule has 1 aromatic heterocycles. The van der Waals surface area contributed by atoms with Crippen molar-refractivity contribution in [2.45, 2.75) is 19.1 Å². The lowest BCUT2D eigenvalue weighted by Crippen LogP contribution is -2.54. The number of anilines is 2.